The first-order chi connectivity index (χ1) is 11.5. The van der Waals surface area contributed by atoms with Crippen molar-refractivity contribution in [3.8, 4) is 0 Å². The van der Waals surface area contributed by atoms with Crippen molar-refractivity contribution in [2.45, 2.75) is 30.9 Å². The van der Waals surface area contributed by atoms with E-state index in [4.69, 9.17) is 0 Å². The van der Waals surface area contributed by atoms with Crippen molar-refractivity contribution in [1.29, 1.82) is 0 Å². The van der Waals surface area contributed by atoms with E-state index in [0.29, 0.717) is 6.54 Å². The van der Waals surface area contributed by atoms with Gasteiger partial charge in [-0.3, -0.25) is 4.79 Å². The Morgan fingerprint density at radius 3 is 2.62 bits per heavy atom. The van der Waals surface area contributed by atoms with Crippen LogP contribution in [0.2, 0.25) is 0 Å². The van der Waals surface area contributed by atoms with E-state index in [1.807, 2.05) is 6.08 Å². The summed E-state index contributed by atoms with van der Waals surface area (Å²) in [5, 5.41) is -0.872. The summed E-state index contributed by atoms with van der Waals surface area (Å²) < 4.78 is 39.2. The fourth-order valence-corrected chi connectivity index (χ4v) is 5.33. The number of nitrogens with zero attached hydrogens (tertiary/aromatic N) is 1. The summed E-state index contributed by atoms with van der Waals surface area (Å²) in [4.78, 5) is 14.3. The maximum atomic E-state index is 14.0. The van der Waals surface area contributed by atoms with Crippen molar-refractivity contribution >= 4 is 15.7 Å². The van der Waals surface area contributed by atoms with Gasteiger partial charge in [0.25, 0.3) is 0 Å². The molecule has 130 valence electrons. The molecule has 1 amide bonds. The van der Waals surface area contributed by atoms with Gasteiger partial charge in [-0.25, -0.2) is 12.8 Å². The molecule has 0 spiro atoms. The molecule has 2 atom stereocenters. The molecule has 0 N–H and O–H groups in total. The van der Waals surface area contributed by atoms with Gasteiger partial charge in [0.15, 0.2) is 9.84 Å². The van der Waals surface area contributed by atoms with Crippen molar-refractivity contribution in [2.24, 2.45) is 5.92 Å². The second kappa shape index (κ2) is 7.05. The van der Waals surface area contributed by atoms with Crippen molar-refractivity contribution < 1.29 is 17.6 Å². The molecule has 4 nitrogen and oxygen atoms in total. The smallest absolute Gasteiger partial charge is 0.226 e. The molecule has 2 aliphatic rings. The maximum absolute atomic E-state index is 14.0. The van der Waals surface area contributed by atoms with Crippen LogP contribution in [-0.4, -0.2) is 38.1 Å². The van der Waals surface area contributed by atoms with Gasteiger partial charge in [-0.05, 0) is 31.7 Å². The van der Waals surface area contributed by atoms with Gasteiger partial charge >= 0.3 is 0 Å². The monoisotopic (exact) mass is 351 g/mol. The molecular weight excluding hydrogens is 329 g/mol. The molecule has 3 rings (SSSR count). The topological polar surface area (TPSA) is 54.5 Å². The van der Waals surface area contributed by atoms with E-state index in [0.717, 1.165) is 19.3 Å². The molecule has 1 saturated heterocycles. The molecule has 0 saturated carbocycles. The van der Waals surface area contributed by atoms with E-state index in [-0.39, 0.29) is 36.1 Å². The molecule has 1 aliphatic heterocycles. The minimum absolute atomic E-state index is 0.0312. The third-order valence-electron chi connectivity index (χ3n) is 4.92. The van der Waals surface area contributed by atoms with Crippen LogP contribution in [0.4, 0.5) is 4.39 Å². The summed E-state index contributed by atoms with van der Waals surface area (Å²) in [6.45, 7) is 0.559. The highest BCUT2D eigenvalue weighted by Gasteiger charge is 2.35. The molecule has 0 radical (unpaired) electrons. The summed E-state index contributed by atoms with van der Waals surface area (Å²) in [7, 11) is -3.48. The molecule has 1 aromatic carbocycles. The standard InChI is InChI=1S/C18H22FNO3S/c19-16-9-5-4-8-15(16)17-10-11-20(12-13-24(17,22)23)18(21)14-6-2-1-3-7-14/h1-2,4-5,8-9,14,17H,3,6-7,10-13H2/t14-,17+/m0/s1. The summed E-state index contributed by atoms with van der Waals surface area (Å²) in [6.07, 6.45) is 6.76. The number of benzene rings is 1. The zero-order valence-electron chi connectivity index (χ0n) is 13.5. The third kappa shape index (κ3) is 3.53. The van der Waals surface area contributed by atoms with Gasteiger partial charge in [-0.1, -0.05) is 30.4 Å². The average Bonchev–Trinajstić information content (AvgIpc) is 2.74. The van der Waals surface area contributed by atoms with E-state index in [2.05, 4.69) is 6.08 Å². The largest absolute Gasteiger partial charge is 0.341 e. The summed E-state index contributed by atoms with van der Waals surface area (Å²) in [5.41, 5.74) is 0.215. The zero-order valence-corrected chi connectivity index (χ0v) is 14.3. The number of amides is 1. The predicted octanol–water partition coefficient (Wildman–Crippen LogP) is 2.87. The summed E-state index contributed by atoms with van der Waals surface area (Å²) in [5.74, 6) is -0.630. The molecule has 6 heteroatoms. The van der Waals surface area contributed by atoms with E-state index < -0.39 is 20.9 Å². The fraction of sp³-hybridized carbons (Fsp3) is 0.500. The van der Waals surface area contributed by atoms with Crippen LogP contribution in [0, 0.1) is 11.7 Å². The zero-order chi connectivity index (χ0) is 17.2. The highest BCUT2D eigenvalue weighted by molar-refractivity contribution is 7.91. The van der Waals surface area contributed by atoms with Crippen LogP contribution in [0.5, 0.6) is 0 Å². The third-order valence-corrected chi connectivity index (χ3v) is 7.03. The van der Waals surface area contributed by atoms with Gasteiger partial charge in [-0.2, -0.15) is 0 Å². The molecule has 0 bridgehead atoms. The maximum Gasteiger partial charge on any atom is 0.226 e. The number of halogens is 1. The van der Waals surface area contributed by atoms with Crippen LogP contribution in [-0.2, 0) is 14.6 Å². The highest BCUT2D eigenvalue weighted by Crippen LogP contribution is 2.32. The first-order valence-electron chi connectivity index (χ1n) is 8.39. The van der Waals surface area contributed by atoms with Gasteiger partial charge < -0.3 is 4.90 Å². The molecule has 1 fully saturated rings. The highest BCUT2D eigenvalue weighted by atomic mass is 32.2. The second-order valence-electron chi connectivity index (χ2n) is 6.47. The Balaban J connectivity index is 1.78. The normalized spacial score (nSPS) is 26.8. The van der Waals surface area contributed by atoms with Crippen LogP contribution in [0.15, 0.2) is 36.4 Å². The number of carbonyl (C=O) groups is 1. The van der Waals surface area contributed by atoms with Gasteiger partial charge in [0.1, 0.15) is 5.82 Å². The molecule has 24 heavy (non-hydrogen) atoms. The van der Waals surface area contributed by atoms with Crippen LogP contribution < -0.4 is 0 Å². The van der Waals surface area contributed by atoms with E-state index in [1.165, 1.54) is 12.1 Å². The molecule has 0 aromatic heterocycles. The number of rotatable bonds is 2. The Morgan fingerprint density at radius 1 is 1.12 bits per heavy atom. The minimum Gasteiger partial charge on any atom is -0.341 e. The van der Waals surface area contributed by atoms with Crippen LogP contribution >= 0.6 is 0 Å². The fourth-order valence-electron chi connectivity index (χ4n) is 3.53. The molecule has 1 heterocycles. The van der Waals surface area contributed by atoms with Gasteiger partial charge in [0.05, 0.1) is 11.0 Å². The van der Waals surface area contributed by atoms with Gasteiger partial charge in [0, 0.05) is 24.6 Å². The van der Waals surface area contributed by atoms with Crippen LogP contribution in [0.1, 0.15) is 36.5 Å². The molecule has 1 aliphatic carbocycles. The van der Waals surface area contributed by atoms with Crippen molar-refractivity contribution in [3.05, 3.63) is 47.8 Å². The first kappa shape index (κ1) is 17.1. The van der Waals surface area contributed by atoms with Crippen LogP contribution in [0.25, 0.3) is 0 Å². The Kier molecular flexibility index (Phi) is 5.04. The lowest BCUT2D eigenvalue weighted by molar-refractivity contribution is -0.135. The van der Waals surface area contributed by atoms with Crippen LogP contribution in [0.3, 0.4) is 0 Å². The lowest BCUT2D eigenvalue weighted by Gasteiger charge is -2.26. The number of allylic oxidation sites excluding steroid dienone is 2. The first-order valence-corrected chi connectivity index (χ1v) is 10.1. The van der Waals surface area contributed by atoms with Crippen molar-refractivity contribution in [3.63, 3.8) is 0 Å². The quantitative estimate of drug-likeness (QED) is 0.770. The summed E-state index contributed by atoms with van der Waals surface area (Å²) in [6, 6.07) is 6.01. The minimum atomic E-state index is -3.48. The van der Waals surface area contributed by atoms with Crippen molar-refractivity contribution in [2.75, 3.05) is 18.8 Å². The number of hydrogen-bond donors (Lipinski definition) is 0. The Hall–Kier alpha value is -1.69. The summed E-state index contributed by atoms with van der Waals surface area (Å²) >= 11 is 0. The Bertz CT molecular complexity index is 744. The number of sulfone groups is 1. The van der Waals surface area contributed by atoms with E-state index in [1.54, 1.807) is 17.0 Å². The Labute approximate surface area is 142 Å². The van der Waals surface area contributed by atoms with Gasteiger partial charge in [0.2, 0.25) is 5.91 Å². The number of carbonyl (C=O) groups excluding carboxylic acids is 1. The molecule has 1 aromatic rings. The molecular formula is C18H22FNO3S. The average molecular weight is 351 g/mol. The molecule has 0 unspecified atom stereocenters. The second-order valence-corrected chi connectivity index (χ2v) is 8.78. The van der Waals surface area contributed by atoms with Gasteiger partial charge in [-0.15, -0.1) is 0 Å². The lowest BCUT2D eigenvalue weighted by atomic mass is 9.93. The van der Waals surface area contributed by atoms with E-state index in [9.17, 15) is 17.6 Å². The predicted molar refractivity (Wildman–Crippen MR) is 90.6 cm³/mol. The number of hydrogen-bond acceptors (Lipinski definition) is 3. The lowest BCUT2D eigenvalue weighted by Crippen LogP contribution is -2.38. The Morgan fingerprint density at radius 2 is 1.92 bits per heavy atom. The SMILES string of the molecule is O=C([C@H]1CC=CCC1)N1CC[C@H](c2ccccc2F)S(=O)(=O)CC1. The van der Waals surface area contributed by atoms with E-state index >= 15 is 0 Å². The van der Waals surface area contributed by atoms with Crippen molar-refractivity contribution in [1.82, 2.24) is 4.90 Å².